The minimum Gasteiger partial charge on any atom is -0.356 e. The van der Waals surface area contributed by atoms with Crippen molar-refractivity contribution in [1.82, 2.24) is 4.90 Å². The van der Waals surface area contributed by atoms with Crippen molar-refractivity contribution in [3.8, 4) is 0 Å². The number of carbonyl (C=O) groups is 1. The first-order valence-corrected chi connectivity index (χ1v) is 12.1. The average Bonchev–Trinajstić information content (AvgIpc) is 3.20. The van der Waals surface area contributed by atoms with Crippen LogP contribution in [0.5, 0.6) is 0 Å². The molecule has 0 radical (unpaired) electrons. The molecule has 3 aliphatic heterocycles. The molecule has 3 atom stereocenters. The van der Waals surface area contributed by atoms with Gasteiger partial charge in [0.25, 0.3) is 0 Å². The summed E-state index contributed by atoms with van der Waals surface area (Å²) in [6.07, 6.45) is 2.68. The van der Waals surface area contributed by atoms with E-state index in [0.29, 0.717) is 18.9 Å². The van der Waals surface area contributed by atoms with Crippen LogP contribution in [0.1, 0.15) is 36.4 Å². The summed E-state index contributed by atoms with van der Waals surface area (Å²) < 4.78 is 6.15. The Balaban J connectivity index is 1.43. The van der Waals surface area contributed by atoms with Crippen LogP contribution in [-0.4, -0.2) is 35.1 Å². The zero-order chi connectivity index (χ0) is 19.0. The summed E-state index contributed by atoms with van der Waals surface area (Å²) in [7, 11) is 0. The Morgan fingerprint density at radius 2 is 1.64 bits per heavy atom. The summed E-state index contributed by atoms with van der Waals surface area (Å²) in [5.74, 6) is 2.87. The molecule has 28 heavy (non-hydrogen) atoms. The first kappa shape index (κ1) is 18.6. The molecule has 5 rings (SSSR count). The molecule has 1 amide bonds. The van der Waals surface area contributed by atoms with Gasteiger partial charge in [-0.2, -0.15) is 0 Å². The molecule has 0 saturated carbocycles. The van der Waals surface area contributed by atoms with Crippen LogP contribution < -0.4 is 0 Å². The van der Waals surface area contributed by atoms with Crippen LogP contribution in [0.3, 0.4) is 0 Å². The summed E-state index contributed by atoms with van der Waals surface area (Å²) in [6, 6.07) is 21.2. The van der Waals surface area contributed by atoms with E-state index in [9.17, 15) is 4.79 Å². The molecule has 2 aromatic carbocycles. The molecule has 3 saturated heterocycles. The summed E-state index contributed by atoms with van der Waals surface area (Å²) >= 11 is 4.08. The molecule has 3 nitrogen and oxygen atoms in total. The Hall–Kier alpha value is -1.43. The van der Waals surface area contributed by atoms with Crippen LogP contribution in [0.4, 0.5) is 0 Å². The van der Waals surface area contributed by atoms with Crippen molar-refractivity contribution in [2.45, 2.75) is 35.6 Å². The molecule has 3 fully saturated rings. The minimum atomic E-state index is -0.0971. The van der Waals surface area contributed by atoms with Gasteiger partial charge in [0.05, 0.1) is 16.7 Å². The lowest BCUT2D eigenvalue weighted by Gasteiger charge is -2.47. The van der Waals surface area contributed by atoms with Crippen molar-refractivity contribution in [1.29, 1.82) is 0 Å². The second-order valence-electron chi connectivity index (χ2n) is 7.74. The Bertz CT molecular complexity index is 823. The summed E-state index contributed by atoms with van der Waals surface area (Å²) in [5.41, 5.74) is 2.53. The van der Waals surface area contributed by atoms with Crippen molar-refractivity contribution in [2.75, 3.05) is 18.1 Å². The molecule has 0 bridgehead atoms. The highest BCUT2D eigenvalue weighted by molar-refractivity contribution is 8.18. The lowest BCUT2D eigenvalue weighted by molar-refractivity contribution is -0.145. The predicted molar refractivity (Wildman–Crippen MR) is 116 cm³/mol. The first-order valence-electron chi connectivity index (χ1n) is 10.1. The number of amides is 1. The van der Waals surface area contributed by atoms with Gasteiger partial charge in [-0.05, 0) is 41.4 Å². The number of benzene rings is 2. The molecule has 3 heterocycles. The minimum absolute atomic E-state index is 0.0323. The van der Waals surface area contributed by atoms with Crippen LogP contribution in [0.2, 0.25) is 0 Å². The third kappa shape index (κ3) is 3.17. The number of nitrogens with zero attached hydrogens (tertiary/aromatic N) is 1. The number of hydrogen-bond acceptors (Lipinski definition) is 4. The average molecular weight is 412 g/mol. The van der Waals surface area contributed by atoms with Gasteiger partial charge in [-0.25, -0.2) is 0 Å². The zero-order valence-electron chi connectivity index (χ0n) is 15.8. The maximum Gasteiger partial charge on any atom is 0.225 e. The largest absolute Gasteiger partial charge is 0.356 e. The number of fused-ring (bicyclic) bond motifs is 1. The third-order valence-electron chi connectivity index (χ3n) is 6.11. The van der Waals surface area contributed by atoms with Gasteiger partial charge in [-0.15, -0.1) is 23.5 Å². The van der Waals surface area contributed by atoms with Gasteiger partial charge < -0.3 is 9.64 Å². The van der Waals surface area contributed by atoms with E-state index in [1.54, 1.807) is 0 Å². The van der Waals surface area contributed by atoms with Gasteiger partial charge in [0.2, 0.25) is 5.91 Å². The highest BCUT2D eigenvalue weighted by Crippen LogP contribution is 2.59. The molecule has 0 aromatic heterocycles. The highest BCUT2D eigenvalue weighted by Gasteiger charge is 2.51. The van der Waals surface area contributed by atoms with Crippen molar-refractivity contribution in [3.05, 3.63) is 71.8 Å². The molecule has 0 N–H and O–H groups in total. The first-order chi connectivity index (χ1) is 13.8. The van der Waals surface area contributed by atoms with Crippen molar-refractivity contribution >= 4 is 29.4 Å². The lowest BCUT2D eigenvalue weighted by atomic mass is 9.87. The molecule has 0 aliphatic carbocycles. The second-order valence-corrected chi connectivity index (χ2v) is 10.7. The number of piperidine rings is 1. The monoisotopic (exact) mass is 411 g/mol. The van der Waals surface area contributed by atoms with Gasteiger partial charge in [-0.1, -0.05) is 60.7 Å². The highest BCUT2D eigenvalue weighted by atomic mass is 32.2. The van der Waals surface area contributed by atoms with Gasteiger partial charge in [-0.3, -0.25) is 4.79 Å². The maximum absolute atomic E-state index is 13.3. The molecule has 146 valence electrons. The van der Waals surface area contributed by atoms with Crippen molar-refractivity contribution in [3.63, 3.8) is 0 Å². The van der Waals surface area contributed by atoms with Gasteiger partial charge >= 0.3 is 0 Å². The van der Waals surface area contributed by atoms with Crippen LogP contribution in [0, 0.1) is 5.92 Å². The molecular formula is C23H25NO2S2. The number of carbonyl (C=O) groups excluding carboxylic acids is 1. The number of hydrogen-bond donors (Lipinski definition) is 0. The Kier molecular flexibility index (Phi) is 5.16. The van der Waals surface area contributed by atoms with Crippen LogP contribution in [0.15, 0.2) is 60.7 Å². The van der Waals surface area contributed by atoms with E-state index in [4.69, 9.17) is 4.74 Å². The van der Waals surface area contributed by atoms with E-state index in [1.807, 2.05) is 46.6 Å². The van der Waals surface area contributed by atoms with E-state index in [-0.39, 0.29) is 22.3 Å². The number of thioether (sulfide) groups is 2. The molecule has 2 aromatic rings. The Morgan fingerprint density at radius 3 is 2.36 bits per heavy atom. The fourth-order valence-corrected chi connectivity index (χ4v) is 8.44. The molecule has 0 unspecified atom stereocenters. The third-order valence-corrected chi connectivity index (χ3v) is 9.80. The summed E-state index contributed by atoms with van der Waals surface area (Å²) in [5, 5.41) is 0. The van der Waals surface area contributed by atoms with E-state index in [2.05, 4.69) is 42.5 Å². The van der Waals surface area contributed by atoms with Crippen LogP contribution >= 0.6 is 23.5 Å². The molecule has 0 spiro atoms. The van der Waals surface area contributed by atoms with Crippen molar-refractivity contribution < 1.29 is 9.53 Å². The van der Waals surface area contributed by atoms with Crippen molar-refractivity contribution in [2.24, 2.45) is 5.92 Å². The maximum atomic E-state index is 13.3. The van der Waals surface area contributed by atoms with Gasteiger partial charge in [0.15, 0.2) is 0 Å². The molecule has 3 aliphatic rings. The van der Waals surface area contributed by atoms with Gasteiger partial charge in [0.1, 0.15) is 6.23 Å². The summed E-state index contributed by atoms with van der Waals surface area (Å²) in [4.78, 5) is 15.3. The standard InChI is InChI=1S/C23H25NO2S2/c25-21-14-19(23(27-12-7-13-28-23)18-10-5-2-6-11-18)15-22-24(21)20(16-26-22)17-8-3-1-4-9-17/h1-6,8-11,19-20,22H,7,12-16H2/t19-,20-,22+/m0/s1. The normalized spacial score (nSPS) is 29.5. The van der Waals surface area contributed by atoms with E-state index >= 15 is 0 Å². The van der Waals surface area contributed by atoms with E-state index in [0.717, 1.165) is 17.9 Å². The fraction of sp³-hybridized carbons (Fsp3) is 0.435. The van der Waals surface area contributed by atoms with E-state index in [1.165, 1.54) is 17.5 Å². The SMILES string of the molecule is O=C1C[C@H](C2(c3ccccc3)SCCCS2)C[C@H]2OC[C@@H](c3ccccc3)N12. The zero-order valence-corrected chi connectivity index (χ0v) is 17.5. The van der Waals surface area contributed by atoms with Gasteiger partial charge in [0, 0.05) is 6.42 Å². The second kappa shape index (κ2) is 7.77. The van der Waals surface area contributed by atoms with E-state index < -0.39 is 0 Å². The Morgan fingerprint density at radius 1 is 0.964 bits per heavy atom. The quantitative estimate of drug-likeness (QED) is 0.707. The lowest BCUT2D eigenvalue weighted by Crippen LogP contribution is -2.48. The molecular weight excluding hydrogens is 386 g/mol. The predicted octanol–water partition coefficient (Wildman–Crippen LogP) is 5.05. The van der Waals surface area contributed by atoms with Crippen LogP contribution in [0.25, 0.3) is 0 Å². The Labute approximate surface area is 175 Å². The summed E-state index contributed by atoms with van der Waals surface area (Å²) in [6.45, 7) is 0.603. The fourth-order valence-electron chi connectivity index (χ4n) is 4.80. The topological polar surface area (TPSA) is 29.5 Å². The number of rotatable bonds is 3. The van der Waals surface area contributed by atoms with Crippen LogP contribution in [-0.2, 0) is 13.6 Å². The smallest absolute Gasteiger partial charge is 0.225 e. The molecule has 5 heteroatoms. The number of ether oxygens (including phenoxy) is 1.